The Bertz CT molecular complexity index is 795. The van der Waals surface area contributed by atoms with Crippen LogP contribution in [0.3, 0.4) is 0 Å². The molecule has 0 spiro atoms. The zero-order valence-corrected chi connectivity index (χ0v) is 11.5. The van der Waals surface area contributed by atoms with E-state index in [1.54, 1.807) is 24.3 Å². The van der Waals surface area contributed by atoms with Gasteiger partial charge in [-0.2, -0.15) is 0 Å². The Labute approximate surface area is 125 Å². The molecule has 0 aromatic heterocycles. The van der Waals surface area contributed by atoms with E-state index in [0.29, 0.717) is 27.8 Å². The smallest absolute Gasteiger partial charge is 0.344 e. The third-order valence-electron chi connectivity index (χ3n) is 3.36. The fourth-order valence-corrected chi connectivity index (χ4v) is 2.69. The number of para-hydroxylation sites is 1. The minimum atomic E-state index is -0.370. The average Bonchev–Trinajstić information content (AvgIpc) is 3.05. The van der Waals surface area contributed by atoms with Crippen LogP contribution in [-0.2, 0) is 4.79 Å². The summed E-state index contributed by atoms with van der Waals surface area (Å²) in [6.07, 6.45) is 1.74. The molecule has 0 fully saturated rings. The highest BCUT2D eigenvalue weighted by molar-refractivity contribution is 6.32. The van der Waals surface area contributed by atoms with Gasteiger partial charge in [0.25, 0.3) is 0 Å². The lowest BCUT2D eigenvalue weighted by molar-refractivity contribution is -0.126. The van der Waals surface area contributed by atoms with Gasteiger partial charge in [0.2, 0.25) is 6.79 Å². The highest BCUT2D eigenvalue weighted by Gasteiger charge is 2.26. The first-order chi connectivity index (χ1) is 10.2. The van der Waals surface area contributed by atoms with Gasteiger partial charge in [0, 0.05) is 5.56 Å². The van der Waals surface area contributed by atoms with Gasteiger partial charge in [0.15, 0.2) is 11.5 Å². The van der Waals surface area contributed by atoms with Crippen LogP contribution in [0.4, 0.5) is 0 Å². The van der Waals surface area contributed by atoms with Crippen molar-refractivity contribution < 1.29 is 19.0 Å². The number of hydrogen-bond acceptors (Lipinski definition) is 4. The minimum absolute atomic E-state index is 0.153. The molecule has 104 valence electrons. The molecule has 0 saturated heterocycles. The number of carbonyl (C=O) groups is 1. The van der Waals surface area contributed by atoms with E-state index < -0.39 is 0 Å². The summed E-state index contributed by atoms with van der Waals surface area (Å²) >= 11 is 6.15. The van der Waals surface area contributed by atoms with Gasteiger partial charge in [0.05, 0.1) is 10.6 Å². The molecule has 4 nitrogen and oxygen atoms in total. The Morgan fingerprint density at radius 3 is 2.86 bits per heavy atom. The van der Waals surface area contributed by atoms with Crippen LogP contribution >= 0.6 is 11.6 Å². The van der Waals surface area contributed by atoms with Gasteiger partial charge in [-0.05, 0) is 29.8 Å². The summed E-state index contributed by atoms with van der Waals surface area (Å²) in [6, 6.07) is 10.8. The number of rotatable bonds is 1. The van der Waals surface area contributed by atoms with Crippen LogP contribution in [0.25, 0.3) is 11.6 Å². The SMILES string of the molecule is O=C1Oc2ccccc2/C1=C\c1cc(Cl)c2c(c1)OCO2. The van der Waals surface area contributed by atoms with Crippen LogP contribution < -0.4 is 14.2 Å². The first kappa shape index (κ1) is 12.3. The van der Waals surface area contributed by atoms with Crippen molar-refractivity contribution in [3.05, 3.63) is 52.5 Å². The number of halogens is 1. The molecule has 0 atom stereocenters. The second-order valence-electron chi connectivity index (χ2n) is 4.68. The van der Waals surface area contributed by atoms with Crippen molar-refractivity contribution in [3.8, 4) is 17.2 Å². The maximum atomic E-state index is 12.0. The first-order valence-corrected chi connectivity index (χ1v) is 6.72. The molecule has 0 bridgehead atoms. The standard InChI is InChI=1S/C16H9ClO4/c17-12-6-9(7-14-15(12)20-8-19-14)5-11-10-3-1-2-4-13(10)21-16(11)18/h1-7H,8H2/b11-5+. The molecule has 0 aliphatic carbocycles. The van der Waals surface area contributed by atoms with E-state index in [0.717, 1.165) is 11.1 Å². The van der Waals surface area contributed by atoms with E-state index in [1.165, 1.54) is 0 Å². The van der Waals surface area contributed by atoms with Crippen molar-refractivity contribution in [2.24, 2.45) is 0 Å². The van der Waals surface area contributed by atoms with Crippen LogP contribution in [0.1, 0.15) is 11.1 Å². The second-order valence-corrected chi connectivity index (χ2v) is 5.09. The first-order valence-electron chi connectivity index (χ1n) is 6.35. The lowest BCUT2D eigenvalue weighted by Crippen LogP contribution is -2.00. The van der Waals surface area contributed by atoms with Gasteiger partial charge in [-0.15, -0.1) is 0 Å². The van der Waals surface area contributed by atoms with E-state index in [2.05, 4.69) is 0 Å². The molecule has 5 heteroatoms. The molecule has 21 heavy (non-hydrogen) atoms. The number of esters is 1. The highest BCUT2D eigenvalue weighted by Crippen LogP contribution is 2.41. The lowest BCUT2D eigenvalue weighted by atomic mass is 10.0. The molecule has 2 aliphatic rings. The third kappa shape index (κ3) is 1.96. The summed E-state index contributed by atoms with van der Waals surface area (Å²) in [4.78, 5) is 12.0. The minimum Gasteiger partial charge on any atom is -0.454 e. The summed E-state index contributed by atoms with van der Waals surface area (Å²) in [5.41, 5.74) is 2.03. The molecule has 2 aliphatic heterocycles. The van der Waals surface area contributed by atoms with Crippen LogP contribution in [0, 0.1) is 0 Å². The van der Waals surface area contributed by atoms with Crippen molar-refractivity contribution in [1.82, 2.24) is 0 Å². The van der Waals surface area contributed by atoms with Crippen LogP contribution in [0.5, 0.6) is 17.2 Å². The van der Waals surface area contributed by atoms with E-state index in [9.17, 15) is 4.79 Å². The Balaban J connectivity index is 1.82. The molecule has 0 N–H and O–H groups in total. The number of ether oxygens (including phenoxy) is 3. The van der Waals surface area contributed by atoms with Crippen LogP contribution in [0.2, 0.25) is 5.02 Å². The van der Waals surface area contributed by atoms with E-state index in [1.807, 2.05) is 18.2 Å². The van der Waals surface area contributed by atoms with Crippen LogP contribution in [-0.4, -0.2) is 12.8 Å². The van der Waals surface area contributed by atoms with Crippen molar-refractivity contribution in [3.63, 3.8) is 0 Å². The van der Waals surface area contributed by atoms with Gasteiger partial charge in [-0.25, -0.2) is 4.79 Å². The zero-order valence-electron chi connectivity index (χ0n) is 10.8. The average molecular weight is 301 g/mol. The topological polar surface area (TPSA) is 44.8 Å². The van der Waals surface area contributed by atoms with Gasteiger partial charge in [0.1, 0.15) is 5.75 Å². The molecule has 2 aromatic rings. The fourth-order valence-electron chi connectivity index (χ4n) is 2.42. The van der Waals surface area contributed by atoms with Gasteiger partial charge < -0.3 is 14.2 Å². The zero-order chi connectivity index (χ0) is 14.4. The van der Waals surface area contributed by atoms with Crippen molar-refractivity contribution in [2.45, 2.75) is 0 Å². The lowest BCUT2D eigenvalue weighted by Gasteiger charge is -2.02. The molecule has 4 rings (SSSR count). The summed E-state index contributed by atoms with van der Waals surface area (Å²) < 4.78 is 15.8. The molecule has 0 radical (unpaired) electrons. The Morgan fingerprint density at radius 2 is 1.95 bits per heavy atom. The molecule has 0 saturated carbocycles. The molecular formula is C16H9ClO4. The normalized spacial score (nSPS) is 17.0. The quantitative estimate of drug-likeness (QED) is 0.459. The van der Waals surface area contributed by atoms with Gasteiger partial charge in [-0.1, -0.05) is 29.8 Å². The summed E-state index contributed by atoms with van der Waals surface area (Å²) in [5, 5.41) is 0.455. The summed E-state index contributed by atoms with van der Waals surface area (Å²) in [6.45, 7) is 0.153. The van der Waals surface area contributed by atoms with Gasteiger partial charge >= 0.3 is 5.97 Å². The van der Waals surface area contributed by atoms with E-state index in [4.69, 9.17) is 25.8 Å². The Morgan fingerprint density at radius 1 is 1.10 bits per heavy atom. The fraction of sp³-hybridized carbons (Fsp3) is 0.0625. The molecule has 0 unspecified atom stereocenters. The third-order valence-corrected chi connectivity index (χ3v) is 3.64. The molecular weight excluding hydrogens is 292 g/mol. The maximum absolute atomic E-state index is 12.0. The predicted molar refractivity (Wildman–Crippen MR) is 77.5 cm³/mol. The van der Waals surface area contributed by atoms with E-state index in [-0.39, 0.29) is 12.8 Å². The van der Waals surface area contributed by atoms with E-state index >= 15 is 0 Å². The second kappa shape index (κ2) is 4.53. The Hall–Kier alpha value is -2.46. The number of benzene rings is 2. The van der Waals surface area contributed by atoms with Gasteiger partial charge in [-0.3, -0.25) is 0 Å². The maximum Gasteiger partial charge on any atom is 0.344 e. The number of fused-ring (bicyclic) bond motifs is 2. The highest BCUT2D eigenvalue weighted by atomic mass is 35.5. The number of carbonyl (C=O) groups excluding carboxylic acids is 1. The number of hydrogen-bond donors (Lipinski definition) is 0. The molecule has 0 amide bonds. The largest absolute Gasteiger partial charge is 0.454 e. The van der Waals surface area contributed by atoms with Crippen molar-refractivity contribution in [1.29, 1.82) is 0 Å². The summed E-state index contributed by atoms with van der Waals surface area (Å²) in [7, 11) is 0. The molecule has 2 heterocycles. The summed E-state index contributed by atoms with van der Waals surface area (Å²) in [5.74, 6) is 1.31. The van der Waals surface area contributed by atoms with Crippen LogP contribution in [0.15, 0.2) is 36.4 Å². The molecule has 2 aromatic carbocycles. The Kier molecular flexibility index (Phi) is 2.65. The predicted octanol–water partition coefficient (Wildman–Crippen LogP) is 3.53. The van der Waals surface area contributed by atoms with Crippen molar-refractivity contribution in [2.75, 3.05) is 6.79 Å². The monoisotopic (exact) mass is 300 g/mol. The van der Waals surface area contributed by atoms with Crippen molar-refractivity contribution >= 4 is 29.2 Å².